The van der Waals surface area contributed by atoms with Crippen LogP contribution in [0.4, 0.5) is 0 Å². The molecule has 0 aromatic carbocycles. The maximum Gasteiger partial charge on any atom is 0.255 e. The molecule has 1 rings (SSSR count). The highest BCUT2D eigenvalue weighted by molar-refractivity contribution is 7.80. The predicted octanol–water partition coefficient (Wildman–Crippen LogP) is 0.748. The van der Waals surface area contributed by atoms with Gasteiger partial charge in [0.1, 0.15) is 0 Å². The summed E-state index contributed by atoms with van der Waals surface area (Å²) in [4.78, 5) is 17.5. The molecule has 80 valence electrons. The standard InChI is InChI=1S/C10H13N3OS/c1-7-3-8(5-12-4-7)10(14)13(2)6-9(11)15/h3-5H,6H2,1-2H3,(H2,11,15). The van der Waals surface area contributed by atoms with Gasteiger partial charge >= 0.3 is 0 Å². The molecule has 2 N–H and O–H groups in total. The van der Waals surface area contributed by atoms with Gasteiger partial charge in [-0.1, -0.05) is 12.2 Å². The topological polar surface area (TPSA) is 59.2 Å². The smallest absolute Gasteiger partial charge is 0.255 e. The van der Waals surface area contributed by atoms with E-state index in [0.717, 1.165) is 5.56 Å². The van der Waals surface area contributed by atoms with Gasteiger partial charge in [-0.3, -0.25) is 9.78 Å². The van der Waals surface area contributed by atoms with Crippen LogP contribution < -0.4 is 5.73 Å². The number of likely N-dealkylation sites (N-methyl/N-ethyl adjacent to an activating group) is 1. The minimum Gasteiger partial charge on any atom is -0.392 e. The molecular weight excluding hydrogens is 210 g/mol. The number of amides is 1. The molecule has 4 nitrogen and oxygen atoms in total. The lowest BCUT2D eigenvalue weighted by Gasteiger charge is -2.15. The third-order valence-corrected chi connectivity index (χ3v) is 1.99. The molecule has 1 aromatic rings. The van der Waals surface area contributed by atoms with Crippen molar-refractivity contribution in [1.82, 2.24) is 9.88 Å². The molecule has 1 heterocycles. The molecular formula is C10H13N3OS. The monoisotopic (exact) mass is 223 g/mol. The summed E-state index contributed by atoms with van der Waals surface area (Å²) < 4.78 is 0. The van der Waals surface area contributed by atoms with Gasteiger partial charge in [0.2, 0.25) is 0 Å². The van der Waals surface area contributed by atoms with E-state index in [1.165, 1.54) is 11.1 Å². The van der Waals surface area contributed by atoms with Crippen molar-refractivity contribution in [1.29, 1.82) is 0 Å². The summed E-state index contributed by atoms with van der Waals surface area (Å²) >= 11 is 4.74. The van der Waals surface area contributed by atoms with Gasteiger partial charge in [0.15, 0.2) is 0 Å². The highest BCUT2D eigenvalue weighted by atomic mass is 32.1. The fraction of sp³-hybridized carbons (Fsp3) is 0.300. The second kappa shape index (κ2) is 4.84. The Morgan fingerprint density at radius 1 is 1.60 bits per heavy atom. The van der Waals surface area contributed by atoms with Crippen LogP contribution in [0, 0.1) is 6.92 Å². The average molecular weight is 223 g/mol. The van der Waals surface area contributed by atoms with Gasteiger partial charge in [-0.25, -0.2) is 0 Å². The normalized spacial score (nSPS) is 9.73. The first-order valence-electron chi connectivity index (χ1n) is 4.46. The van der Waals surface area contributed by atoms with Gasteiger partial charge in [0.05, 0.1) is 17.1 Å². The van der Waals surface area contributed by atoms with E-state index < -0.39 is 0 Å². The van der Waals surface area contributed by atoms with Crippen LogP contribution in [-0.4, -0.2) is 34.4 Å². The Labute approximate surface area is 94.1 Å². The van der Waals surface area contributed by atoms with Crippen LogP contribution in [0.25, 0.3) is 0 Å². The highest BCUT2D eigenvalue weighted by Crippen LogP contribution is 2.04. The van der Waals surface area contributed by atoms with Crippen LogP contribution in [0.5, 0.6) is 0 Å². The number of aryl methyl sites for hydroxylation is 1. The van der Waals surface area contributed by atoms with E-state index in [4.69, 9.17) is 18.0 Å². The molecule has 0 saturated heterocycles. The van der Waals surface area contributed by atoms with Gasteiger partial charge < -0.3 is 10.6 Å². The van der Waals surface area contributed by atoms with Crippen LogP contribution in [0.2, 0.25) is 0 Å². The van der Waals surface area contributed by atoms with Crippen molar-refractivity contribution in [2.24, 2.45) is 5.73 Å². The lowest BCUT2D eigenvalue weighted by molar-refractivity contribution is 0.0814. The summed E-state index contributed by atoms with van der Waals surface area (Å²) in [5.41, 5.74) is 6.86. The maximum atomic E-state index is 11.8. The predicted molar refractivity (Wildman–Crippen MR) is 62.7 cm³/mol. The first-order valence-corrected chi connectivity index (χ1v) is 4.87. The second-order valence-electron chi connectivity index (χ2n) is 3.38. The van der Waals surface area contributed by atoms with Crippen molar-refractivity contribution in [3.05, 3.63) is 29.6 Å². The number of thiocarbonyl (C=S) groups is 1. The van der Waals surface area contributed by atoms with Crippen LogP contribution >= 0.6 is 12.2 Å². The molecule has 0 aliphatic rings. The zero-order chi connectivity index (χ0) is 11.4. The molecule has 0 saturated carbocycles. The highest BCUT2D eigenvalue weighted by Gasteiger charge is 2.12. The SMILES string of the molecule is Cc1cncc(C(=O)N(C)CC(N)=S)c1. The molecule has 5 heteroatoms. The van der Waals surface area contributed by atoms with Crippen molar-refractivity contribution >= 4 is 23.1 Å². The third-order valence-electron chi connectivity index (χ3n) is 1.86. The lowest BCUT2D eigenvalue weighted by atomic mass is 10.2. The summed E-state index contributed by atoms with van der Waals surface area (Å²) in [6.45, 7) is 2.17. The number of carbonyl (C=O) groups excluding carboxylic acids is 1. The molecule has 1 aromatic heterocycles. The van der Waals surface area contributed by atoms with Crippen LogP contribution in [0.15, 0.2) is 18.5 Å². The van der Waals surface area contributed by atoms with Gasteiger partial charge in [-0.15, -0.1) is 0 Å². The Kier molecular flexibility index (Phi) is 3.74. The number of nitrogens with zero attached hydrogens (tertiary/aromatic N) is 2. The van der Waals surface area contributed by atoms with Gasteiger partial charge in [-0.2, -0.15) is 0 Å². The van der Waals surface area contributed by atoms with Crippen molar-refractivity contribution in [2.45, 2.75) is 6.92 Å². The summed E-state index contributed by atoms with van der Waals surface area (Å²) in [7, 11) is 1.66. The van der Waals surface area contributed by atoms with Crippen LogP contribution in [0.1, 0.15) is 15.9 Å². The Bertz CT molecular complexity index is 392. The molecule has 0 fully saturated rings. The number of nitrogens with two attached hydrogens (primary N) is 1. The minimum absolute atomic E-state index is 0.126. The Morgan fingerprint density at radius 2 is 2.27 bits per heavy atom. The molecule has 0 aliphatic carbocycles. The minimum atomic E-state index is -0.126. The summed E-state index contributed by atoms with van der Waals surface area (Å²) in [5, 5.41) is 0. The van der Waals surface area contributed by atoms with E-state index in [1.807, 2.05) is 6.92 Å². The van der Waals surface area contributed by atoms with Crippen molar-refractivity contribution in [3.63, 3.8) is 0 Å². The summed E-state index contributed by atoms with van der Waals surface area (Å²) in [6, 6.07) is 1.78. The molecule has 15 heavy (non-hydrogen) atoms. The maximum absolute atomic E-state index is 11.8. The van der Waals surface area contributed by atoms with E-state index in [1.54, 1.807) is 19.3 Å². The number of carbonyl (C=O) groups is 1. The first kappa shape index (κ1) is 11.6. The van der Waals surface area contributed by atoms with Crippen molar-refractivity contribution in [2.75, 3.05) is 13.6 Å². The number of hydrogen-bond donors (Lipinski definition) is 1. The van der Waals surface area contributed by atoms with Crippen molar-refractivity contribution < 1.29 is 4.79 Å². The molecule has 1 amide bonds. The van der Waals surface area contributed by atoms with Crippen LogP contribution in [-0.2, 0) is 0 Å². The third kappa shape index (κ3) is 3.28. The largest absolute Gasteiger partial charge is 0.392 e. The Balaban J connectivity index is 2.80. The quantitative estimate of drug-likeness (QED) is 0.768. The first-order chi connectivity index (χ1) is 7.00. The summed E-state index contributed by atoms with van der Waals surface area (Å²) in [6.07, 6.45) is 3.23. The van der Waals surface area contributed by atoms with Gasteiger partial charge in [0.25, 0.3) is 5.91 Å². The second-order valence-corrected chi connectivity index (χ2v) is 3.90. The molecule has 0 bridgehead atoms. The zero-order valence-corrected chi connectivity index (χ0v) is 9.54. The fourth-order valence-corrected chi connectivity index (χ4v) is 1.39. The number of rotatable bonds is 3. The van der Waals surface area contributed by atoms with E-state index in [2.05, 4.69) is 4.98 Å². The lowest BCUT2D eigenvalue weighted by Crippen LogP contribution is -2.34. The van der Waals surface area contributed by atoms with E-state index >= 15 is 0 Å². The van der Waals surface area contributed by atoms with Gasteiger partial charge in [0, 0.05) is 19.4 Å². The molecule has 0 atom stereocenters. The van der Waals surface area contributed by atoms with E-state index in [-0.39, 0.29) is 12.5 Å². The molecule has 0 aliphatic heterocycles. The average Bonchev–Trinajstić information content (AvgIpc) is 2.15. The van der Waals surface area contributed by atoms with Crippen molar-refractivity contribution in [3.8, 4) is 0 Å². The molecule has 0 radical (unpaired) electrons. The molecule has 0 spiro atoms. The molecule has 0 unspecified atom stereocenters. The summed E-state index contributed by atoms with van der Waals surface area (Å²) in [5.74, 6) is -0.126. The number of pyridine rings is 1. The van der Waals surface area contributed by atoms with Crippen LogP contribution in [0.3, 0.4) is 0 Å². The number of hydrogen-bond acceptors (Lipinski definition) is 3. The Morgan fingerprint density at radius 3 is 2.80 bits per heavy atom. The number of aromatic nitrogens is 1. The Hall–Kier alpha value is -1.49. The zero-order valence-electron chi connectivity index (χ0n) is 8.73. The van der Waals surface area contributed by atoms with E-state index in [0.29, 0.717) is 10.6 Å². The van der Waals surface area contributed by atoms with Gasteiger partial charge in [-0.05, 0) is 18.6 Å². The van der Waals surface area contributed by atoms with E-state index in [9.17, 15) is 4.79 Å². The fourth-order valence-electron chi connectivity index (χ4n) is 1.20.